The number of amides is 2. The van der Waals surface area contributed by atoms with Crippen LogP contribution in [-0.4, -0.2) is 84.9 Å². The number of urea groups is 1. The summed E-state index contributed by atoms with van der Waals surface area (Å²) in [5.41, 5.74) is 6.77. The molecule has 0 aliphatic carbocycles. The number of nitrogens with zero attached hydrogens (tertiary/aromatic N) is 2. The third-order valence-electron chi connectivity index (χ3n) is 11.2. The molecule has 0 aromatic heterocycles. The minimum atomic E-state index is -0.815. The third kappa shape index (κ3) is 10.2. The van der Waals surface area contributed by atoms with Crippen molar-refractivity contribution in [3.63, 3.8) is 0 Å². The van der Waals surface area contributed by atoms with Crippen LogP contribution in [-0.2, 0) is 38.6 Å². The Labute approximate surface area is 324 Å². The molecule has 4 aromatic carbocycles. The van der Waals surface area contributed by atoms with E-state index >= 15 is 0 Å². The number of hydrogen-bond acceptors (Lipinski definition) is 8. The van der Waals surface area contributed by atoms with Crippen molar-refractivity contribution in [3.05, 3.63) is 131 Å². The zero-order valence-electron chi connectivity index (χ0n) is 31.8. The van der Waals surface area contributed by atoms with Gasteiger partial charge in [0.25, 0.3) is 0 Å². The van der Waals surface area contributed by atoms with Crippen molar-refractivity contribution in [3.8, 4) is 11.1 Å². The number of esters is 1. The fraction of sp³-hybridized carbons (Fsp3) is 0.422. The summed E-state index contributed by atoms with van der Waals surface area (Å²) in [6.07, 6.45) is 5.50. The van der Waals surface area contributed by atoms with Crippen molar-refractivity contribution in [2.75, 3.05) is 39.8 Å². The SMILES string of the molecule is COC(=O)[C@H](Cc1ccccc1)NC(=O)NCc1ccccc1-c1ccc([C@H]2O[C@@H](CN3CCC[C@H]3CN3CCCC3)C[C@@H](c3ccc(CO)cc3)O2)cc1. The summed E-state index contributed by atoms with van der Waals surface area (Å²) in [5, 5.41) is 15.4. The van der Waals surface area contributed by atoms with Gasteiger partial charge in [-0.2, -0.15) is 0 Å². The highest BCUT2D eigenvalue weighted by atomic mass is 16.7. The molecule has 0 unspecified atom stereocenters. The van der Waals surface area contributed by atoms with Gasteiger partial charge >= 0.3 is 12.0 Å². The van der Waals surface area contributed by atoms with Crippen molar-refractivity contribution in [1.29, 1.82) is 0 Å². The van der Waals surface area contributed by atoms with Crippen molar-refractivity contribution < 1.29 is 28.9 Å². The van der Waals surface area contributed by atoms with Gasteiger partial charge in [0.2, 0.25) is 0 Å². The second-order valence-electron chi connectivity index (χ2n) is 15.0. The van der Waals surface area contributed by atoms with E-state index in [0.717, 1.165) is 65.0 Å². The van der Waals surface area contributed by atoms with Crippen LogP contribution in [0.4, 0.5) is 4.79 Å². The molecule has 3 aliphatic rings. The maximum atomic E-state index is 13.0. The zero-order chi connectivity index (χ0) is 38.0. The topological polar surface area (TPSA) is 113 Å². The molecule has 5 atom stereocenters. The highest BCUT2D eigenvalue weighted by Gasteiger charge is 2.36. The molecule has 0 spiro atoms. The van der Waals surface area contributed by atoms with E-state index in [9.17, 15) is 14.7 Å². The number of nitrogens with one attached hydrogen (secondary N) is 2. The third-order valence-corrected chi connectivity index (χ3v) is 11.2. The number of likely N-dealkylation sites (tertiary alicyclic amines) is 2. The van der Waals surface area contributed by atoms with E-state index in [-0.39, 0.29) is 25.4 Å². The van der Waals surface area contributed by atoms with Crippen LogP contribution < -0.4 is 10.6 Å². The zero-order valence-corrected chi connectivity index (χ0v) is 31.8. The summed E-state index contributed by atoms with van der Waals surface area (Å²) in [6.45, 7) is 5.83. The Balaban J connectivity index is 1.03. The standard InChI is InChI=1S/C45H54N4O6/c1-53-43(51)41(26-32-10-3-2-4-11-32)47-45(52)46-28-37-12-5-6-14-40(37)34-19-21-36(22-20-34)44-54-39(27-42(55-44)35-17-15-33(31-50)16-18-35)30-49-25-9-13-38(49)29-48-23-7-8-24-48/h2-6,10-12,14-22,38-39,41-42,44,50H,7-9,13,23-31H2,1H3,(H2,46,47,52)/t38-,39+,41-,42-,44-/m0/s1. The second-order valence-corrected chi connectivity index (χ2v) is 15.0. The predicted octanol–water partition coefficient (Wildman–Crippen LogP) is 6.54. The Kier molecular flexibility index (Phi) is 13.3. The molecule has 55 heavy (non-hydrogen) atoms. The van der Waals surface area contributed by atoms with Gasteiger partial charge in [-0.05, 0) is 78.7 Å². The van der Waals surface area contributed by atoms with E-state index in [1.165, 1.54) is 45.9 Å². The summed E-state index contributed by atoms with van der Waals surface area (Å²) >= 11 is 0. The van der Waals surface area contributed by atoms with Gasteiger partial charge in [-0.3, -0.25) is 4.90 Å². The molecule has 3 saturated heterocycles. The normalized spacial score (nSPS) is 22.3. The summed E-state index contributed by atoms with van der Waals surface area (Å²) in [7, 11) is 1.32. The average Bonchev–Trinajstić information content (AvgIpc) is 3.92. The van der Waals surface area contributed by atoms with E-state index in [1.54, 1.807) is 0 Å². The van der Waals surface area contributed by atoms with E-state index < -0.39 is 24.3 Å². The number of carbonyl (C=O) groups excluding carboxylic acids is 2. The van der Waals surface area contributed by atoms with Gasteiger partial charge in [-0.25, -0.2) is 9.59 Å². The Morgan fingerprint density at radius 3 is 2.29 bits per heavy atom. The molecule has 0 saturated carbocycles. The number of carbonyl (C=O) groups is 2. The summed E-state index contributed by atoms with van der Waals surface area (Å²) in [6, 6.07) is 33.2. The van der Waals surface area contributed by atoms with Crippen molar-refractivity contribution >= 4 is 12.0 Å². The highest BCUT2D eigenvalue weighted by Crippen LogP contribution is 2.39. The minimum Gasteiger partial charge on any atom is -0.467 e. The number of methoxy groups -OCH3 is 1. The summed E-state index contributed by atoms with van der Waals surface area (Å²) < 4.78 is 18.4. The Bertz CT molecular complexity index is 1830. The van der Waals surface area contributed by atoms with Crippen LogP contribution >= 0.6 is 0 Å². The molecule has 10 nitrogen and oxygen atoms in total. The van der Waals surface area contributed by atoms with Gasteiger partial charge in [0.05, 0.1) is 25.9 Å². The summed E-state index contributed by atoms with van der Waals surface area (Å²) in [5.74, 6) is -0.500. The van der Waals surface area contributed by atoms with E-state index in [0.29, 0.717) is 12.5 Å². The second kappa shape index (κ2) is 18.8. The van der Waals surface area contributed by atoms with Crippen LogP contribution in [0.2, 0.25) is 0 Å². The number of aliphatic hydroxyl groups excluding tert-OH is 1. The lowest BCUT2D eigenvalue weighted by molar-refractivity contribution is -0.253. The first-order valence-electron chi connectivity index (χ1n) is 19.8. The fourth-order valence-corrected chi connectivity index (χ4v) is 8.25. The molecule has 290 valence electrons. The Hall–Kier alpha value is -4.58. The Morgan fingerprint density at radius 2 is 1.55 bits per heavy atom. The van der Waals surface area contributed by atoms with Gasteiger partial charge in [-0.1, -0.05) is 103 Å². The van der Waals surface area contributed by atoms with Gasteiger partial charge in [0.1, 0.15) is 6.04 Å². The van der Waals surface area contributed by atoms with E-state index in [1.807, 2.05) is 66.7 Å². The van der Waals surface area contributed by atoms with Gasteiger partial charge in [-0.15, -0.1) is 0 Å². The molecule has 4 aromatic rings. The van der Waals surface area contributed by atoms with Crippen LogP contribution in [0.3, 0.4) is 0 Å². The largest absolute Gasteiger partial charge is 0.467 e. The molecule has 10 heteroatoms. The maximum Gasteiger partial charge on any atom is 0.328 e. The fourth-order valence-electron chi connectivity index (χ4n) is 8.25. The van der Waals surface area contributed by atoms with Crippen LogP contribution in [0.1, 0.15) is 72.3 Å². The predicted molar refractivity (Wildman–Crippen MR) is 212 cm³/mol. The summed E-state index contributed by atoms with van der Waals surface area (Å²) in [4.78, 5) is 30.8. The first-order valence-corrected chi connectivity index (χ1v) is 19.8. The molecular formula is C45H54N4O6. The first-order chi connectivity index (χ1) is 26.9. The van der Waals surface area contributed by atoms with E-state index in [4.69, 9.17) is 14.2 Å². The van der Waals surface area contributed by atoms with Crippen molar-refractivity contribution in [1.82, 2.24) is 20.4 Å². The lowest BCUT2D eigenvalue weighted by atomic mass is 9.97. The number of ether oxygens (including phenoxy) is 3. The van der Waals surface area contributed by atoms with E-state index in [2.05, 4.69) is 56.8 Å². The molecule has 3 N–H and O–H groups in total. The van der Waals surface area contributed by atoms with Crippen LogP contribution in [0.5, 0.6) is 0 Å². The number of hydrogen-bond donors (Lipinski definition) is 3. The van der Waals surface area contributed by atoms with Crippen LogP contribution in [0, 0.1) is 0 Å². The van der Waals surface area contributed by atoms with Gasteiger partial charge in [0.15, 0.2) is 6.29 Å². The van der Waals surface area contributed by atoms with Crippen molar-refractivity contribution in [2.24, 2.45) is 0 Å². The maximum absolute atomic E-state index is 13.0. The van der Waals surface area contributed by atoms with Crippen LogP contribution in [0.25, 0.3) is 11.1 Å². The lowest BCUT2D eigenvalue weighted by Crippen LogP contribution is -2.47. The monoisotopic (exact) mass is 746 g/mol. The molecule has 3 aliphatic heterocycles. The first kappa shape index (κ1) is 38.7. The molecule has 0 bridgehead atoms. The smallest absolute Gasteiger partial charge is 0.328 e. The molecule has 7 rings (SSSR count). The number of aliphatic hydroxyl groups is 1. The average molecular weight is 747 g/mol. The molecule has 2 amide bonds. The number of benzene rings is 4. The number of rotatable bonds is 14. The minimum absolute atomic E-state index is 0.00421. The van der Waals surface area contributed by atoms with Crippen LogP contribution in [0.15, 0.2) is 103 Å². The lowest BCUT2D eigenvalue weighted by Gasteiger charge is -2.39. The molecular weight excluding hydrogens is 693 g/mol. The Morgan fingerprint density at radius 1 is 0.818 bits per heavy atom. The molecule has 3 heterocycles. The van der Waals surface area contributed by atoms with Crippen molar-refractivity contribution in [2.45, 2.75) is 82.3 Å². The quantitative estimate of drug-likeness (QED) is 0.125. The van der Waals surface area contributed by atoms with Gasteiger partial charge in [0, 0.05) is 44.1 Å². The molecule has 0 radical (unpaired) electrons. The highest BCUT2D eigenvalue weighted by molar-refractivity contribution is 5.84. The van der Waals surface area contributed by atoms with Gasteiger partial charge < -0.3 is 34.9 Å². The molecule has 3 fully saturated rings.